The van der Waals surface area contributed by atoms with Gasteiger partial charge in [0, 0.05) is 24.8 Å². The Balaban J connectivity index is 1.33. The predicted octanol–water partition coefficient (Wildman–Crippen LogP) is 1.19. The van der Waals surface area contributed by atoms with Gasteiger partial charge >= 0.3 is 5.69 Å². The SMILES string of the molecule is O=c1n(Cc2ccccn2)ccn1-c1ccc(-[n+]2[c-]n(Cc3ccccn3)cc2)nn1. The lowest BCUT2D eigenvalue weighted by Gasteiger charge is -2.03. The molecule has 5 aromatic rings. The Hall–Kier alpha value is -4.40. The lowest BCUT2D eigenvalue weighted by atomic mass is 10.3. The van der Waals surface area contributed by atoms with Gasteiger partial charge in [0.1, 0.15) is 0 Å². The molecule has 0 saturated heterocycles. The maximum Gasteiger partial charge on any atom is 0.334 e. The molecule has 0 aromatic carbocycles. The van der Waals surface area contributed by atoms with Crippen LogP contribution in [0.1, 0.15) is 11.4 Å². The Morgan fingerprint density at radius 2 is 1.61 bits per heavy atom. The first-order chi connectivity index (χ1) is 15.3. The Morgan fingerprint density at radius 1 is 0.839 bits per heavy atom. The molecule has 9 heteroatoms. The number of aromatic nitrogens is 8. The maximum atomic E-state index is 12.7. The van der Waals surface area contributed by atoms with Gasteiger partial charge in [0.2, 0.25) is 5.82 Å². The molecule has 5 heterocycles. The van der Waals surface area contributed by atoms with E-state index in [9.17, 15) is 4.79 Å². The molecule has 0 atom stereocenters. The van der Waals surface area contributed by atoms with Gasteiger partial charge in [-0.25, -0.2) is 9.36 Å². The summed E-state index contributed by atoms with van der Waals surface area (Å²) < 4.78 is 6.67. The van der Waals surface area contributed by atoms with E-state index in [1.807, 2.05) is 53.4 Å². The first kappa shape index (κ1) is 18.6. The van der Waals surface area contributed by atoms with Gasteiger partial charge in [0.15, 0.2) is 12.1 Å². The molecule has 31 heavy (non-hydrogen) atoms. The number of hydrogen-bond acceptors (Lipinski definition) is 5. The Morgan fingerprint density at radius 3 is 2.29 bits per heavy atom. The van der Waals surface area contributed by atoms with Crippen molar-refractivity contribution in [2.24, 2.45) is 0 Å². The van der Waals surface area contributed by atoms with Crippen molar-refractivity contribution < 1.29 is 4.57 Å². The Bertz CT molecular complexity index is 1340. The van der Waals surface area contributed by atoms with Crippen molar-refractivity contribution in [3.05, 3.63) is 114 Å². The summed E-state index contributed by atoms with van der Waals surface area (Å²) in [5, 5.41) is 8.47. The van der Waals surface area contributed by atoms with Crippen molar-refractivity contribution in [3.8, 4) is 11.6 Å². The molecule has 0 N–H and O–H groups in total. The minimum Gasteiger partial charge on any atom is -0.348 e. The van der Waals surface area contributed by atoms with E-state index in [-0.39, 0.29) is 5.69 Å². The van der Waals surface area contributed by atoms with Crippen molar-refractivity contribution in [2.75, 3.05) is 0 Å². The van der Waals surface area contributed by atoms with Gasteiger partial charge in [-0.2, -0.15) is 0 Å². The van der Waals surface area contributed by atoms with Crippen molar-refractivity contribution in [1.29, 1.82) is 0 Å². The zero-order valence-electron chi connectivity index (χ0n) is 16.5. The molecule has 0 aliphatic rings. The van der Waals surface area contributed by atoms with Crippen LogP contribution in [-0.4, -0.2) is 33.9 Å². The highest BCUT2D eigenvalue weighted by Gasteiger charge is 2.10. The Labute approximate surface area is 177 Å². The first-order valence-corrected chi connectivity index (χ1v) is 9.68. The largest absolute Gasteiger partial charge is 0.348 e. The minimum absolute atomic E-state index is 0.201. The Kier molecular flexibility index (Phi) is 4.89. The fourth-order valence-electron chi connectivity index (χ4n) is 3.18. The summed E-state index contributed by atoms with van der Waals surface area (Å²) in [6.45, 7) is 1.01. The number of rotatable bonds is 6. The van der Waals surface area contributed by atoms with Crippen molar-refractivity contribution in [2.45, 2.75) is 13.1 Å². The zero-order valence-corrected chi connectivity index (χ0v) is 16.5. The van der Waals surface area contributed by atoms with Crippen LogP contribution in [-0.2, 0) is 13.1 Å². The van der Waals surface area contributed by atoms with Crippen molar-refractivity contribution in [3.63, 3.8) is 0 Å². The molecule has 0 fully saturated rings. The van der Waals surface area contributed by atoms with Crippen molar-refractivity contribution in [1.82, 2.24) is 33.9 Å². The highest BCUT2D eigenvalue weighted by molar-refractivity contribution is 5.24. The van der Waals surface area contributed by atoms with Crippen molar-refractivity contribution >= 4 is 0 Å². The highest BCUT2D eigenvalue weighted by Crippen LogP contribution is 2.04. The molecule has 9 nitrogen and oxygen atoms in total. The molecule has 0 bridgehead atoms. The molecule has 0 saturated carbocycles. The average Bonchev–Trinajstić information content (AvgIpc) is 3.42. The summed E-state index contributed by atoms with van der Waals surface area (Å²) in [6, 6.07) is 15.0. The fourth-order valence-corrected chi connectivity index (χ4v) is 3.18. The first-order valence-electron chi connectivity index (χ1n) is 9.68. The summed E-state index contributed by atoms with van der Waals surface area (Å²) in [5.41, 5.74) is 1.55. The standard InChI is InChI=1S/C22H18N8O/c31-22-28(16-19-6-2-4-10-24-19)13-14-30(22)21-8-7-20(25-26-21)29-12-11-27(17-29)15-18-5-1-3-9-23-18/h1-14H,15-16H2. The lowest BCUT2D eigenvalue weighted by Crippen LogP contribution is -2.31. The summed E-state index contributed by atoms with van der Waals surface area (Å²) in [5.74, 6) is 1.05. The van der Waals surface area contributed by atoms with Gasteiger partial charge in [-0.3, -0.25) is 14.5 Å². The van der Waals surface area contributed by atoms with E-state index in [0.717, 1.165) is 11.4 Å². The number of nitrogens with zero attached hydrogens (tertiary/aromatic N) is 8. The molecule has 0 radical (unpaired) electrons. The number of hydrogen-bond donors (Lipinski definition) is 0. The molecular formula is C22H18N8O. The van der Waals surface area contributed by atoms with E-state index >= 15 is 0 Å². The average molecular weight is 410 g/mol. The normalized spacial score (nSPS) is 11.0. The van der Waals surface area contributed by atoms with Gasteiger partial charge in [0.05, 0.1) is 24.5 Å². The summed E-state index contributed by atoms with van der Waals surface area (Å²) in [7, 11) is 0. The topological polar surface area (TPSA) is 87.3 Å². The monoisotopic (exact) mass is 410 g/mol. The smallest absolute Gasteiger partial charge is 0.334 e. The van der Waals surface area contributed by atoms with Crippen LogP contribution in [0.15, 0.2) is 90.5 Å². The molecule has 5 rings (SSSR count). The van der Waals surface area contributed by atoms with Crippen LogP contribution in [0.2, 0.25) is 0 Å². The summed E-state index contributed by atoms with van der Waals surface area (Å²) >= 11 is 0. The molecule has 0 aliphatic heterocycles. The second kappa shape index (κ2) is 8.15. The molecule has 0 spiro atoms. The molecule has 0 amide bonds. The van der Waals surface area contributed by atoms with Crippen LogP contribution < -0.4 is 10.3 Å². The van der Waals surface area contributed by atoms with Crippen LogP contribution in [0.5, 0.6) is 0 Å². The second-order valence-electron chi connectivity index (χ2n) is 6.87. The van der Waals surface area contributed by atoms with Gasteiger partial charge in [-0.15, -0.1) is 0 Å². The molecule has 5 aromatic heterocycles. The summed E-state index contributed by atoms with van der Waals surface area (Å²) in [6.07, 6.45) is 13.8. The predicted molar refractivity (Wildman–Crippen MR) is 111 cm³/mol. The zero-order chi connectivity index (χ0) is 21.0. The minimum atomic E-state index is -0.201. The van der Waals surface area contributed by atoms with Gasteiger partial charge in [-0.05, 0) is 53.9 Å². The van der Waals surface area contributed by atoms with Gasteiger partial charge in [0.25, 0.3) is 0 Å². The quantitative estimate of drug-likeness (QED) is 0.310. The van der Waals surface area contributed by atoms with E-state index < -0.39 is 0 Å². The molecule has 0 unspecified atom stereocenters. The van der Waals surface area contributed by atoms with E-state index in [0.29, 0.717) is 24.7 Å². The fraction of sp³-hybridized carbons (Fsp3) is 0.0909. The highest BCUT2D eigenvalue weighted by atomic mass is 16.1. The van der Waals surface area contributed by atoms with Crippen LogP contribution in [0.25, 0.3) is 11.6 Å². The molecule has 152 valence electrons. The van der Waals surface area contributed by atoms with Crippen LogP contribution >= 0.6 is 0 Å². The number of imidazole rings is 2. The van der Waals surface area contributed by atoms with Crippen LogP contribution in [0.3, 0.4) is 0 Å². The number of pyridine rings is 2. The van der Waals surface area contributed by atoms with E-state index in [2.05, 4.69) is 26.5 Å². The third kappa shape index (κ3) is 4.01. The molecular weight excluding hydrogens is 392 g/mol. The van der Waals surface area contributed by atoms with E-state index in [4.69, 9.17) is 0 Å². The van der Waals surface area contributed by atoms with Crippen LogP contribution in [0.4, 0.5) is 0 Å². The molecule has 0 aliphatic carbocycles. The second-order valence-corrected chi connectivity index (χ2v) is 6.87. The maximum absolute atomic E-state index is 12.7. The third-order valence-electron chi connectivity index (χ3n) is 4.73. The van der Waals surface area contributed by atoms with Gasteiger partial charge in [-0.1, -0.05) is 17.2 Å². The van der Waals surface area contributed by atoms with Gasteiger partial charge < -0.3 is 9.13 Å². The lowest BCUT2D eigenvalue weighted by molar-refractivity contribution is -0.604. The van der Waals surface area contributed by atoms with E-state index in [1.54, 1.807) is 46.1 Å². The van der Waals surface area contributed by atoms with Crippen LogP contribution in [0, 0.1) is 6.33 Å². The van der Waals surface area contributed by atoms with E-state index in [1.165, 1.54) is 4.57 Å². The third-order valence-corrected chi connectivity index (χ3v) is 4.73. The summed E-state index contributed by atoms with van der Waals surface area (Å²) in [4.78, 5) is 21.3.